The van der Waals surface area contributed by atoms with Crippen LogP contribution in [0, 0.1) is 5.92 Å². The number of nitrogens with one attached hydrogen (secondary N) is 1. The maximum Gasteiger partial charge on any atom is 0.225 e. The Balaban J connectivity index is 1.81. The van der Waals surface area contributed by atoms with Crippen molar-refractivity contribution in [2.75, 3.05) is 33.4 Å². The zero-order valence-electron chi connectivity index (χ0n) is 10.8. The Morgan fingerprint density at radius 2 is 2.24 bits per heavy atom. The second-order valence-electron chi connectivity index (χ2n) is 5.23. The summed E-state index contributed by atoms with van der Waals surface area (Å²) >= 11 is 0. The number of rotatable bonds is 6. The van der Waals surface area contributed by atoms with Crippen molar-refractivity contribution >= 4 is 5.91 Å². The van der Waals surface area contributed by atoms with E-state index in [2.05, 4.69) is 10.2 Å². The van der Waals surface area contributed by atoms with E-state index in [-0.39, 0.29) is 5.91 Å². The molecule has 0 spiro atoms. The van der Waals surface area contributed by atoms with Crippen molar-refractivity contribution in [3.05, 3.63) is 0 Å². The molecular formula is C13H24N2O2. The summed E-state index contributed by atoms with van der Waals surface area (Å²) in [4.78, 5) is 14.2. The van der Waals surface area contributed by atoms with Gasteiger partial charge < -0.3 is 15.0 Å². The molecule has 1 unspecified atom stereocenters. The number of nitrogens with zero attached hydrogens (tertiary/aromatic N) is 1. The monoisotopic (exact) mass is 240 g/mol. The third-order valence-corrected chi connectivity index (χ3v) is 3.68. The number of carbonyl (C=O) groups excluding carboxylic acids is 1. The van der Waals surface area contributed by atoms with Gasteiger partial charge in [-0.2, -0.15) is 0 Å². The van der Waals surface area contributed by atoms with Gasteiger partial charge in [-0.15, -0.1) is 0 Å². The highest BCUT2D eigenvalue weighted by Gasteiger charge is 2.33. The molecule has 2 fully saturated rings. The van der Waals surface area contributed by atoms with Crippen molar-refractivity contribution in [3.63, 3.8) is 0 Å². The predicted octanol–water partition coefficient (Wildman–Crippen LogP) is 1.01. The first-order valence-electron chi connectivity index (χ1n) is 6.80. The number of hydrogen-bond acceptors (Lipinski definition) is 3. The number of ether oxygens (including phenoxy) is 1. The Labute approximate surface area is 104 Å². The summed E-state index contributed by atoms with van der Waals surface area (Å²) < 4.78 is 4.99. The Kier molecular flexibility index (Phi) is 4.80. The fraction of sp³-hybridized carbons (Fsp3) is 0.923. The van der Waals surface area contributed by atoms with Gasteiger partial charge in [0.05, 0.1) is 13.0 Å². The smallest absolute Gasteiger partial charge is 0.225 e. The number of carbonyl (C=O) groups is 1. The highest BCUT2D eigenvalue weighted by atomic mass is 16.5. The molecule has 1 heterocycles. The molecule has 1 atom stereocenters. The maximum absolute atomic E-state index is 12.1. The van der Waals surface area contributed by atoms with Crippen LogP contribution >= 0.6 is 0 Å². The normalized spacial score (nSPS) is 24.6. The first-order valence-corrected chi connectivity index (χ1v) is 6.80. The van der Waals surface area contributed by atoms with Crippen molar-refractivity contribution in [2.24, 2.45) is 5.92 Å². The van der Waals surface area contributed by atoms with Gasteiger partial charge in [-0.05, 0) is 44.7 Å². The average molecular weight is 240 g/mol. The van der Waals surface area contributed by atoms with Crippen LogP contribution in [-0.2, 0) is 9.53 Å². The Hall–Kier alpha value is -0.610. The van der Waals surface area contributed by atoms with Gasteiger partial charge in [-0.1, -0.05) is 0 Å². The highest BCUT2D eigenvalue weighted by Crippen LogP contribution is 2.29. The molecule has 17 heavy (non-hydrogen) atoms. The molecule has 1 saturated carbocycles. The van der Waals surface area contributed by atoms with Crippen LogP contribution in [0.5, 0.6) is 0 Å². The lowest BCUT2D eigenvalue weighted by Gasteiger charge is -2.30. The third-order valence-electron chi connectivity index (χ3n) is 3.68. The molecule has 1 saturated heterocycles. The van der Waals surface area contributed by atoms with Crippen molar-refractivity contribution in [2.45, 2.75) is 38.1 Å². The van der Waals surface area contributed by atoms with Crippen LogP contribution in [0.25, 0.3) is 0 Å². The fourth-order valence-electron chi connectivity index (χ4n) is 2.53. The lowest BCUT2D eigenvalue weighted by Crippen LogP contribution is -2.42. The molecule has 2 rings (SSSR count). The predicted molar refractivity (Wildman–Crippen MR) is 66.8 cm³/mol. The van der Waals surface area contributed by atoms with Crippen LogP contribution in [0.2, 0.25) is 0 Å². The molecule has 0 radical (unpaired) electrons. The minimum atomic E-state index is 0.278. The molecule has 0 aromatic carbocycles. The minimum Gasteiger partial charge on any atom is -0.384 e. The van der Waals surface area contributed by atoms with Crippen LogP contribution in [0.4, 0.5) is 0 Å². The molecule has 2 aliphatic rings. The van der Waals surface area contributed by atoms with Crippen LogP contribution < -0.4 is 5.32 Å². The van der Waals surface area contributed by atoms with Crippen molar-refractivity contribution < 1.29 is 9.53 Å². The van der Waals surface area contributed by atoms with Gasteiger partial charge in [-0.3, -0.25) is 4.79 Å². The molecule has 0 aromatic rings. The van der Waals surface area contributed by atoms with E-state index in [1.807, 2.05) is 0 Å². The number of amides is 1. The van der Waals surface area contributed by atoms with E-state index < -0.39 is 0 Å². The second kappa shape index (κ2) is 6.36. The Morgan fingerprint density at radius 1 is 1.41 bits per heavy atom. The zero-order valence-corrected chi connectivity index (χ0v) is 10.8. The molecule has 1 N–H and O–H groups in total. The maximum atomic E-state index is 12.1. The molecule has 0 aromatic heterocycles. The lowest BCUT2D eigenvalue weighted by molar-refractivity contribution is -0.133. The van der Waals surface area contributed by atoms with Crippen molar-refractivity contribution in [1.29, 1.82) is 0 Å². The molecule has 1 aliphatic carbocycles. The molecule has 1 aliphatic heterocycles. The van der Waals surface area contributed by atoms with Gasteiger partial charge in [0.2, 0.25) is 5.91 Å². The van der Waals surface area contributed by atoms with Crippen LogP contribution in [-0.4, -0.2) is 50.2 Å². The van der Waals surface area contributed by atoms with Gasteiger partial charge in [0.1, 0.15) is 0 Å². The molecular weight excluding hydrogens is 216 g/mol. The van der Waals surface area contributed by atoms with Crippen molar-refractivity contribution in [3.8, 4) is 0 Å². The molecule has 0 bridgehead atoms. The van der Waals surface area contributed by atoms with Crippen LogP contribution in [0.1, 0.15) is 32.1 Å². The van der Waals surface area contributed by atoms with E-state index in [9.17, 15) is 4.79 Å². The van der Waals surface area contributed by atoms with Crippen LogP contribution in [0.15, 0.2) is 0 Å². The van der Waals surface area contributed by atoms with Gasteiger partial charge in [0.25, 0.3) is 0 Å². The number of piperidine rings is 1. The number of hydrogen-bond donors (Lipinski definition) is 1. The summed E-state index contributed by atoms with van der Waals surface area (Å²) in [6.07, 6.45) is 5.42. The second-order valence-corrected chi connectivity index (χ2v) is 5.23. The van der Waals surface area contributed by atoms with Crippen molar-refractivity contribution in [1.82, 2.24) is 10.2 Å². The third kappa shape index (κ3) is 3.96. The topological polar surface area (TPSA) is 41.6 Å². The van der Waals surface area contributed by atoms with Gasteiger partial charge in [-0.25, -0.2) is 0 Å². The molecule has 4 heteroatoms. The summed E-state index contributed by atoms with van der Waals surface area (Å²) in [5.74, 6) is 0.927. The summed E-state index contributed by atoms with van der Waals surface area (Å²) in [5.41, 5.74) is 0. The van der Waals surface area contributed by atoms with E-state index in [1.165, 1.54) is 25.7 Å². The average Bonchev–Trinajstić information content (AvgIpc) is 3.18. The summed E-state index contributed by atoms with van der Waals surface area (Å²) in [6, 6.07) is 0.529. The van der Waals surface area contributed by atoms with E-state index in [4.69, 9.17) is 4.74 Å². The lowest BCUT2D eigenvalue weighted by atomic mass is 9.99. The van der Waals surface area contributed by atoms with Gasteiger partial charge in [0.15, 0.2) is 0 Å². The summed E-state index contributed by atoms with van der Waals surface area (Å²) in [7, 11) is 1.65. The largest absolute Gasteiger partial charge is 0.384 e. The zero-order chi connectivity index (χ0) is 12.1. The molecule has 98 valence electrons. The first-order chi connectivity index (χ1) is 8.31. The Bertz CT molecular complexity index is 248. The van der Waals surface area contributed by atoms with Crippen LogP contribution in [0.3, 0.4) is 0 Å². The van der Waals surface area contributed by atoms with E-state index in [0.717, 1.165) is 19.6 Å². The molecule has 4 nitrogen and oxygen atoms in total. The minimum absolute atomic E-state index is 0.278. The standard InChI is InChI=1S/C13H24N2O2/c1-17-8-6-13(16)15(12-4-5-12)10-11-3-2-7-14-9-11/h11-12,14H,2-10H2,1H3. The van der Waals surface area contributed by atoms with Gasteiger partial charge >= 0.3 is 0 Å². The Morgan fingerprint density at radius 3 is 2.82 bits per heavy atom. The SMILES string of the molecule is COCCC(=O)N(CC1CCCNC1)C1CC1. The fourth-order valence-corrected chi connectivity index (χ4v) is 2.53. The summed E-state index contributed by atoms with van der Waals surface area (Å²) in [5, 5.41) is 3.42. The first kappa shape index (κ1) is 12.8. The van der Waals surface area contributed by atoms with Gasteiger partial charge in [0, 0.05) is 19.7 Å². The van der Waals surface area contributed by atoms with E-state index in [1.54, 1.807) is 7.11 Å². The number of methoxy groups -OCH3 is 1. The molecule has 1 amide bonds. The highest BCUT2D eigenvalue weighted by molar-refractivity contribution is 5.77. The van der Waals surface area contributed by atoms with E-state index >= 15 is 0 Å². The quantitative estimate of drug-likeness (QED) is 0.753. The summed E-state index contributed by atoms with van der Waals surface area (Å²) in [6.45, 7) is 3.70. The van der Waals surface area contributed by atoms with E-state index in [0.29, 0.717) is 25.0 Å².